The van der Waals surface area contributed by atoms with E-state index in [0.717, 1.165) is 12.8 Å². The first-order valence-electron chi connectivity index (χ1n) is 6.01. The molecule has 1 saturated carbocycles. The van der Waals surface area contributed by atoms with E-state index in [2.05, 4.69) is 10.0 Å². The van der Waals surface area contributed by atoms with Crippen LogP contribution in [-0.4, -0.2) is 31.4 Å². The molecule has 1 aliphatic carbocycles. The van der Waals surface area contributed by atoms with Gasteiger partial charge in [0.1, 0.15) is 6.42 Å². The van der Waals surface area contributed by atoms with Crippen LogP contribution in [0.1, 0.15) is 19.3 Å². The molecule has 1 aromatic carbocycles. The van der Waals surface area contributed by atoms with Crippen LogP contribution in [0.25, 0.3) is 0 Å². The minimum atomic E-state index is -3.60. The predicted molar refractivity (Wildman–Crippen MR) is 70.7 cm³/mol. The highest BCUT2D eigenvalue weighted by molar-refractivity contribution is 7.89. The standard InChI is InChI=1S/C12H14N2O5S/c15-11(7-12(16)17)13-9-2-1-3-10(6-9)20(18,19)14-8-4-5-8/h1-3,6,8,14H,4-5,7H2,(H,13,15)(H,16,17). The van der Waals surface area contributed by atoms with Gasteiger partial charge in [-0.2, -0.15) is 0 Å². The van der Waals surface area contributed by atoms with Crippen LogP contribution in [0, 0.1) is 0 Å². The summed E-state index contributed by atoms with van der Waals surface area (Å²) in [6, 6.07) is 5.68. The second-order valence-electron chi connectivity index (χ2n) is 4.54. The van der Waals surface area contributed by atoms with E-state index in [4.69, 9.17) is 5.11 Å². The highest BCUT2D eigenvalue weighted by atomic mass is 32.2. The van der Waals surface area contributed by atoms with Crippen molar-refractivity contribution in [2.45, 2.75) is 30.2 Å². The maximum Gasteiger partial charge on any atom is 0.312 e. The van der Waals surface area contributed by atoms with E-state index < -0.39 is 28.3 Å². The second kappa shape index (κ2) is 5.59. The first kappa shape index (κ1) is 14.5. The fraction of sp³-hybridized carbons (Fsp3) is 0.333. The number of rotatable bonds is 6. The molecular weight excluding hydrogens is 284 g/mol. The molecule has 1 aliphatic rings. The molecule has 1 aromatic rings. The first-order valence-corrected chi connectivity index (χ1v) is 7.49. The van der Waals surface area contributed by atoms with E-state index in [1.807, 2.05) is 0 Å². The zero-order valence-electron chi connectivity index (χ0n) is 10.5. The zero-order valence-corrected chi connectivity index (χ0v) is 11.3. The van der Waals surface area contributed by atoms with Crippen LogP contribution < -0.4 is 10.0 Å². The molecule has 1 amide bonds. The van der Waals surface area contributed by atoms with Crippen LogP contribution in [0.15, 0.2) is 29.2 Å². The lowest BCUT2D eigenvalue weighted by atomic mass is 10.3. The quantitative estimate of drug-likeness (QED) is 0.663. The van der Waals surface area contributed by atoms with Crippen molar-refractivity contribution in [3.63, 3.8) is 0 Å². The fourth-order valence-corrected chi connectivity index (χ4v) is 2.92. The number of benzene rings is 1. The van der Waals surface area contributed by atoms with Crippen LogP contribution in [0.3, 0.4) is 0 Å². The molecule has 0 unspecified atom stereocenters. The van der Waals surface area contributed by atoms with Crippen LogP contribution in [0.2, 0.25) is 0 Å². The third kappa shape index (κ3) is 4.04. The number of amides is 1. The molecular formula is C12H14N2O5S. The summed E-state index contributed by atoms with van der Waals surface area (Å²) in [6.07, 6.45) is 0.986. The van der Waals surface area contributed by atoms with Gasteiger partial charge in [-0.15, -0.1) is 0 Å². The Morgan fingerprint density at radius 3 is 2.60 bits per heavy atom. The van der Waals surface area contributed by atoms with Gasteiger partial charge in [-0.05, 0) is 31.0 Å². The summed E-state index contributed by atoms with van der Waals surface area (Å²) in [5.41, 5.74) is 0.245. The lowest BCUT2D eigenvalue weighted by Gasteiger charge is -2.08. The van der Waals surface area contributed by atoms with Gasteiger partial charge in [-0.3, -0.25) is 9.59 Å². The van der Waals surface area contributed by atoms with Gasteiger partial charge in [0.05, 0.1) is 4.90 Å². The SMILES string of the molecule is O=C(O)CC(=O)Nc1cccc(S(=O)(=O)NC2CC2)c1. The molecule has 0 aromatic heterocycles. The minimum Gasteiger partial charge on any atom is -0.481 e. The number of carboxylic acids is 1. The van der Waals surface area contributed by atoms with E-state index in [9.17, 15) is 18.0 Å². The Labute approximate surface area is 116 Å². The van der Waals surface area contributed by atoms with Gasteiger partial charge in [0.25, 0.3) is 0 Å². The molecule has 0 aliphatic heterocycles. The Morgan fingerprint density at radius 2 is 2.00 bits per heavy atom. The molecule has 0 spiro atoms. The van der Waals surface area contributed by atoms with E-state index >= 15 is 0 Å². The molecule has 0 saturated heterocycles. The zero-order chi connectivity index (χ0) is 14.8. The minimum absolute atomic E-state index is 0.00902. The molecule has 0 radical (unpaired) electrons. The van der Waals surface area contributed by atoms with Crippen LogP contribution in [0.4, 0.5) is 5.69 Å². The Kier molecular flexibility index (Phi) is 4.05. The average molecular weight is 298 g/mol. The molecule has 108 valence electrons. The number of hydrogen-bond acceptors (Lipinski definition) is 4. The van der Waals surface area contributed by atoms with E-state index in [1.165, 1.54) is 24.3 Å². The molecule has 0 atom stereocenters. The number of anilines is 1. The number of carbonyl (C=O) groups excluding carboxylic acids is 1. The fourth-order valence-electron chi connectivity index (χ4n) is 1.57. The molecule has 2 rings (SSSR count). The molecule has 20 heavy (non-hydrogen) atoms. The van der Waals surface area contributed by atoms with Crippen molar-refractivity contribution < 1.29 is 23.1 Å². The van der Waals surface area contributed by atoms with Gasteiger partial charge in [0.2, 0.25) is 15.9 Å². The number of carbonyl (C=O) groups is 2. The van der Waals surface area contributed by atoms with Crippen molar-refractivity contribution in [1.29, 1.82) is 0 Å². The molecule has 0 heterocycles. The average Bonchev–Trinajstić information content (AvgIpc) is 3.11. The third-order valence-electron chi connectivity index (χ3n) is 2.64. The topological polar surface area (TPSA) is 113 Å². The first-order chi connectivity index (χ1) is 9.37. The van der Waals surface area contributed by atoms with Crippen LogP contribution in [0.5, 0.6) is 0 Å². The van der Waals surface area contributed by atoms with E-state index in [1.54, 1.807) is 0 Å². The molecule has 1 fully saturated rings. The van der Waals surface area contributed by atoms with Crippen molar-refractivity contribution >= 4 is 27.6 Å². The summed E-state index contributed by atoms with van der Waals surface area (Å²) in [4.78, 5) is 21.7. The Balaban J connectivity index is 2.11. The number of aliphatic carboxylic acids is 1. The van der Waals surface area contributed by atoms with Crippen LogP contribution >= 0.6 is 0 Å². The maximum absolute atomic E-state index is 12.0. The largest absolute Gasteiger partial charge is 0.481 e. The molecule has 0 bridgehead atoms. The summed E-state index contributed by atoms with van der Waals surface area (Å²) in [5.74, 6) is -1.95. The normalized spacial score (nSPS) is 14.8. The Hall–Kier alpha value is -1.93. The summed E-state index contributed by atoms with van der Waals surface area (Å²) < 4.78 is 26.5. The number of sulfonamides is 1. The summed E-state index contributed by atoms with van der Waals surface area (Å²) >= 11 is 0. The van der Waals surface area contributed by atoms with Gasteiger partial charge in [-0.1, -0.05) is 6.07 Å². The summed E-state index contributed by atoms with van der Waals surface area (Å²) in [6.45, 7) is 0. The van der Waals surface area contributed by atoms with E-state index in [-0.39, 0.29) is 16.6 Å². The predicted octanol–water partition coefficient (Wildman–Crippen LogP) is 0.541. The second-order valence-corrected chi connectivity index (χ2v) is 6.26. The van der Waals surface area contributed by atoms with Crippen LogP contribution in [-0.2, 0) is 19.6 Å². The smallest absolute Gasteiger partial charge is 0.312 e. The molecule has 7 nitrogen and oxygen atoms in total. The van der Waals surface area contributed by atoms with Gasteiger partial charge >= 0.3 is 5.97 Å². The van der Waals surface area contributed by atoms with Crippen molar-refractivity contribution in [1.82, 2.24) is 4.72 Å². The summed E-state index contributed by atoms with van der Waals surface area (Å²) in [7, 11) is -3.60. The number of hydrogen-bond donors (Lipinski definition) is 3. The highest BCUT2D eigenvalue weighted by Gasteiger charge is 2.28. The lowest BCUT2D eigenvalue weighted by molar-refractivity contribution is -0.139. The van der Waals surface area contributed by atoms with E-state index in [0.29, 0.717) is 0 Å². The van der Waals surface area contributed by atoms with Gasteiger partial charge in [-0.25, -0.2) is 13.1 Å². The Morgan fingerprint density at radius 1 is 1.30 bits per heavy atom. The molecule has 8 heteroatoms. The maximum atomic E-state index is 12.0. The third-order valence-corrected chi connectivity index (χ3v) is 4.16. The summed E-state index contributed by atoms with van der Waals surface area (Å²) in [5, 5.41) is 10.8. The number of nitrogens with one attached hydrogen (secondary N) is 2. The molecule has 3 N–H and O–H groups in total. The lowest BCUT2D eigenvalue weighted by Crippen LogP contribution is -2.25. The van der Waals surface area contributed by atoms with Gasteiger partial charge < -0.3 is 10.4 Å². The van der Waals surface area contributed by atoms with Crippen molar-refractivity contribution in [2.75, 3.05) is 5.32 Å². The Bertz CT molecular complexity index is 637. The van der Waals surface area contributed by atoms with Gasteiger partial charge in [0.15, 0.2) is 0 Å². The highest BCUT2D eigenvalue weighted by Crippen LogP contribution is 2.23. The monoisotopic (exact) mass is 298 g/mol. The van der Waals surface area contributed by atoms with Crippen molar-refractivity contribution in [3.05, 3.63) is 24.3 Å². The van der Waals surface area contributed by atoms with Gasteiger partial charge in [0, 0.05) is 11.7 Å². The van der Waals surface area contributed by atoms with Crippen molar-refractivity contribution in [2.24, 2.45) is 0 Å². The van der Waals surface area contributed by atoms with Crippen molar-refractivity contribution in [3.8, 4) is 0 Å². The number of carboxylic acid groups (broad SMARTS) is 1.